The van der Waals surface area contributed by atoms with Gasteiger partial charge in [-0.25, -0.2) is 9.97 Å². The van der Waals surface area contributed by atoms with Gasteiger partial charge in [-0.05, 0) is 92.3 Å². The number of hydrogen-bond acceptors (Lipinski definition) is 3. The fourth-order valence-electron chi connectivity index (χ4n) is 8.27. The Kier molecular flexibility index (Phi) is 6.52. The van der Waals surface area contributed by atoms with E-state index in [9.17, 15) is 0 Å². The average Bonchev–Trinajstić information content (AvgIpc) is 3.56. The van der Waals surface area contributed by atoms with Crippen molar-refractivity contribution in [3.63, 3.8) is 0 Å². The van der Waals surface area contributed by atoms with Gasteiger partial charge in [-0.3, -0.25) is 9.55 Å². The topological polar surface area (TPSA) is 43.6 Å². The molecule has 11 rings (SSSR count). The van der Waals surface area contributed by atoms with Gasteiger partial charge >= 0.3 is 0 Å². The molecule has 0 saturated carbocycles. The van der Waals surface area contributed by atoms with E-state index in [0.29, 0.717) is 0 Å². The molecule has 0 unspecified atom stereocenters. The second-order valence-corrected chi connectivity index (χ2v) is 13.6. The summed E-state index contributed by atoms with van der Waals surface area (Å²) in [6.45, 7) is 0. The molecule has 4 aromatic heterocycles. The van der Waals surface area contributed by atoms with Gasteiger partial charge in [0.1, 0.15) is 5.65 Å². The summed E-state index contributed by atoms with van der Waals surface area (Å²) >= 11 is 0. The zero-order valence-electron chi connectivity index (χ0n) is 28.6. The zero-order chi connectivity index (χ0) is 34.9. The number of para-hydroxylation sites is 1. The molecule has 0 aliphatic carbocycles. The second kappa shape index (κ2) is 11.7. The van der Waals surface area contributed by atoms with Crippen molar-refractivity contribution in [3.05, 3.63) is 182 Å². The summed E-state index contributed by atoms with van der Waals surface area (Å²) in [4.78, 5) is 14.8. The Hall–Kier alpha value is -7.17. The Bertz CT molecular complexity index is 3160. The van der Waals surface area contributed by atoms with Crippen LogP contribution in [0.25, 0.3) is 104 Å². The van der Waals surface area contributed by atoms with Crippen molar-refractivity contribution < 1.29 is 0 Å². The Morgan fingerprint density at radius 2 is 0.962 bits per heavy atom. The van der Waals surface area contributed by atoms with Gasteiger partial charge in [0.15, 0.2) is 0 Å². The molecule has 0 atom stereocenters. The predicted molar refractivity (Wildman–Crippen MR) is 220 cm³/mol. The summed E-state index contributed by atoms with van der Waals surface area (Å²) in [6.07, 6.45) is 3.72. The van der Waals surface area contributed by atoms with E-state index in [-0.39, 0.29) is 0 Å². The van der Waals surface area contributed by atoms with Gasteiger partial charge in [0.2, 0.25) is 0 Å². The lowest BCUT2D eigenvalue weighted by Crippen LogP contribution is -1.94. The molecule has 4 nitrogen and oxygen atoms in total. The highest BCUT2D eigenvalue weighted by Crippen LogP contribution is 2.44. The Morgan fingerprint density at radius 3 is 1.72 bits per heavy atom. The molecule has 0 saturated heterocycles. The monoisotopic (exact) mass is 674 g/mol. The van der Waals surface area contributed by atoms with Crippen molar-refractivity contribution >= 4 is 65.3 Å². The van der Waals surface area contributed by atoms with E-state index < -0.39 is 0 Å². The van der Waals surface area contributed by atoms with Crippen LogP contribution in [0.15, 0.2) is 182 Å². The van der Waals surface area contributed by atoms with Crippen LogP contribution in [0.5, 0.6) is 0 Å². The number of fused-ring (bicyclic) bond motifs is 8. The molecule has 0 radical (unpaired) electrons. The standard InChI is InChI=1S/C49H30N4/c1-2-11-36(12-3-1)53-44-27-25-35(30-42(44)41-17-9-29-51-49(41)53)31-18-20-32(21-19-31)45-37-13-4-6-15-39(37)46(40-16-7-5-14-38(40)45)43-26-24-34-23-22-33-10-8-28-50-47(33)48(34)52-43/h1-30H. The molecule has 53 heavy (non-hydrogen) atoms. The molecular weight excluding hydrogens is 645 g/mol. The molecule has 4 heteroatoms. The normalized spacial score (nSPS) is 11.8. The number of hydrogen-bond donors (Lipinski definition) is 0. The summed E-state index contributed by atoms with van der Waals surface area (Å²) in [6, 6.07) is 60.7. The summed E-state index contributed by atoms with van der Waals surface area (Å²) < 4.78 is 2.25. The number of pyridine rings is 3. The van der Waals surface area contributed by atoms with Gasteiger partial charge in [-0.15, -0.1) is 0 Å². The van der Waals surface area contributed by atoms with E-state index >= 15 is 0 Å². The Labute approximate surface area is 305 Å². The smallest absolute Gasteiger partial charge is 0.145 e. The molecule has 0 aliphatic rings. The number of benzene rings is 7. The fourth-order valence-corrected chi connectivity index (χ4v) is 8.27. The summed E-state index contributed by atoms with van der Waals surface area (Å²) in [5.41, 5.74) is 11.9. The zero-order valence-corrected chi connectivity index (χ0v) is 28.6. The van der Waals surface area contributed by atoms with Gasteiger partial charge < -0.3 is 0 Å². The highest BCUT2D eigenvalue weighted by molar-refractivity contribution is 6.21. The highest BCUT2D eigenvalue weighted by atomic mass is 15.0. The van der Waals surface area contributed by atoms with Crippen LogP contribution >= 0.6 is 0 Å². The van der Waals surface area contributed by atoms with Crippen molar-refractivity contribution in [2.24, 2.45) is 0 Å². The molecule has 0 spiro atoms. The third kappa shape index (κ3) is 4.59. The molecule has 0 aliphatic heterocycles. The van der Waals surface area contributed by atoms with Crippen LogP contribution in [-0.4, -0.2) is 19.5 Å². The fraction of sp³-hybridized carbons (Fsp3) is 0. The largest absolute Gasteiger partial charge is 0.294 e. The minimum atomic E-state index is 0.924. The van der Waals surface area contributed by atoms with Crippen LogP contribution in [0.2, 0.25) is 0 Å². The lowest BCUT2D eigenvalue weighted by Gasteiger charge is -2.18. The number of nitrogens with zero attached hydrogens (tertiary/aromatic N) is 4. The van der Waals surface area contributed by atoms with Gasteiger partial charge in [-0.1, -0.05) is 121 Å². The highest BCUT2D eigenvalue weighted by Gasteiger charge is 2.19. The van der Waals surface area contributed by atoms with E-state index in [1.807, 2.05) is 30.6 Å². The van der Waals surface area contributed by atoms with E-state index in [1.165, 1.54) is 49.2 Å². The molecular formula is C49H30N4. The molecule has 0 fully saturated rings. The number of aromatic nitrogens is 4. The van der Waals surface area contributed by atoms with Crippen LogP contribution in [0.4, 0.5) is 0 Å². The first-order chi connectivity index (χ1) is 26.3. The second-order valence-electron chi connectivity index (χ2n) is 13.6. The van der Waals surface area contributed by atoms with Crippen molar-refractivity contribution in [1.29, 1.82) is 0 Å². The van der Waals surface area contributed by atoms with Crippen molar-refractivity contribution in [3.8, 4) is 39.2 Å². The quantitative estimate of drug-likeness (QED) is 0.138. The lowest BCUT2D eigenvalue weighted by atomic mass is 9.86. The first kappa shape index (κ1) is 29.5. The van der Waals surface area contributed by atoms with E-state index in [0.717, 1.165) is 55.3 Å². The van der Waals surface area contributed by atoms with Crippen LogP contribution in [0.1, 0.15) is 0 Å². The summed E-state index contributed by atoms with van der Waals surface area (Å²) in [7, 11) is 0. The first-order valence-electron chi connectivity index (χ1n) is 17.9. The van der Waals surface area contributed by atoms with Crippen LogP contribution in [0, 0.1) is 0 Å². The third-order valence-corrected chi connectivity index (χ3v) is 10.7. The maximum absolute atomic E-state index is 5.31. The first-order valence-corrected chi connectivity index (χ1v) is 17.9. The van der Waals surface area contributed by atoms with Gasteiger partial charge in [0.05, 0.1) is 22.2 Å². The van der Waals surface area contributed by atoms with E-state index in [4.69, 9.17) is 15.0 Å². The maximum Gasteiger partial charge on any atom is 0.145 e. The minimum absolute atomic E-state index is 0.924. The lowest BCUT2D eigenvalue weighted by molar-refractivity contribution is 1.14. The summed E-state index contributed by atoms with van der Waals surface area (Å²) in [5, 5.41) is 9.28. The van der Waals surface area contributed by atoms with Crippen LogP contribution in [0.3, 0.4) is 0 Å². The van der Waals surface area contributed by atoms with Crippen molar-refractivity contribution in [1.82, 2.24) is 19.5 Å². The van der Waals surface area contributed by atoms with Gasteiger partial charge in [-0.2, -0.15) is 0 Å². The predicted octanol–water partition coefficient (Wildman–Crippen LogP) is 12.6. The molecule has 7 aromatic carbocycles. The third-order valence-electron chi connectivity index (χ3n) is 10.7. The maximum atomic E-state index is 5.31. The van der Waals surface area contributed by atoms with Gasteiger partial charge in [0, 0.05) is 45.2 Å². The minimum Gasteiger partial charge on any atom is -0.294 e. The molecule has 246 valence electrons. The Morgan fingerprint density at radius 1 is 0.377 bits per heavy atom. The molecule has 0 bridgehead atoms. The Balaban J connectivity index is 1.07. The van der Waals surface area contributed by atoms with Crippen LogP contribution < -0.4 is 0 Å². The van der Waals surface area contributed by atoms with Crippen LogP contribution in [-0.2, 0) is 0 Å². The SMILES string of the molecule is c1ccc(-n2c3ccc(-c4ccc(-c5c6ccccc6c(-c6ccc7ccc8cccnc8c7n6)c6ccccc56)cc4)cc3c3cccnc32)cc1. The molecule has 0 N–H and O–H groups in total. The average molecular weight is 675 g/mol. The summed E-state index contributed by atoms with van der Waals surface area (Å²) in [5.74, 6) is 0. The van der Waals surface area contributed by atoms with Gasteiger partial charge in [0.25, 0.3) is 0 Å². The molecule has 4 heterocycles. The number of rotatable bonds is 4. The molecule has 11 aromatic rings. The van der Waals surface area contributed by atoms with E-state index in [2.05, 4.69) is 156 Å². The van der Waals surface area contributed by atoms with Crippen molar-refractivity contribution in [2.75, 3.05) is 0 Å². The molecule has 0 amide bonds. The van der Waals surface area contributed by atoms with Crippen molar-refractivity contribution in [2.45, 2.75) is 0 Å². The van der Waals surface area contributed by atoms with E-state index in [1.54, 1.807) is 0 Å².